The molecule has 1 aliphatic rings. The number of amides is 1. The van der Waals surface area contributed by atoms with Crippen LogP contribution in [0.15, 0.2) is 18.2 Å². The third kappa shape index (κ3) is 3.01. The number of nitriles is 1. The Bertz CT molecular complexity index is 619. The van der Waals surface area contributed by atoms with Crippen molar-refractivity contribution in [1.82, 2.24) is 4.90 Å². The summed E-state index contributed by atoms with van der Waals surface area (Å²) >= 11 is 0. The lowest BCUT2D eigenvalue weighted by Crippen LogP contribution is -2.42. The molecule has 0 aliphatic carbocycles. The first-order chi connectivity index (χ1) is 10.3. The number of likely N-dealkylation sites (N-methyl/N-ethyl adjacent to an activating group) is 1. The monoisotopic (exact) mass is 311 g/mol. The van der Waals surface area contributed by atoms with Gasteiger partial charge in [-0.2, -0.15) is 18.4 Å². The molecule has 7 heteroatoms. The second kappa shape index (κ2) is 5.87. The van der Waals surface area contributed by atoms with E-state index in [0.717, 1.165) is 18.6 Å². The zero-order valence-corrected chi connectivity index (χ0v) is 12.3. The fourth-order valence-electron chi connectivity index (χ4n) is 2.67. The number of nitrogens with zero attached hydrogens (tertiary/aromatic N) is 3. The van der Waals surface area contributed by atoms with E-state index in [1.807, 2.05) is 0 Å². The van der Waals surface area contributed by atoms with E-state index < -0.39 is 23.3 Å². The smallest absolute Gasteiger partial charge is 0.360 e. The Morgan fingerprint density at radius 3 is 2.64 bits per heavy atom. The molecule has 22 heavy (non-hydrogen) atoms. The molecule has 0 bridgehead atoms. The van der Waals surface area contributed by atoms with Crippen molar-refractivity contribution in [3.05, 3.63) is 29.3 Å². The number of hydrogen-bond donors (Lipinski definition) is 0. The SMILES string of the molecule is CN(C)C(=O)C1CCCN1c1ccc(C#N)c(C(F)(F)F)c1. The highest BCUT2D eigenvalue weighted by Gasteiger charge is 2.36. The molecule has 0 radical (unpaired) electrons. The Kier molecular flexibility index (Phi) is 4.31. The Morgan fingerprint density at radius 1 is 1.41 bits per heavy atom. The summed E-state index contributed by atoms with van der Waals surface area (Å²) in [5, 5.41) is 8.83. The maximum absolute atomic E-state index is 13.0. The Labute approximate surface area is 126 Å². The van der Waals surface area contributed by atoms with E-state index in [1.165, 1.54) is 11.0 Å². The first-order valence-corrected chi connectivity index (χ1v) is 6.85. The molecule has 1 aromatic rings. The van der Waals surface area contributed by atoms with Crippen LogP contribution in [0.25, 0.3) is 0 Å². The number of rotatable bonds is 2. The molecule has 0 aromatic heterocycles. The van der Waals surface area contributed by atoms with Crippen LogP contribution in [0.1, 0.15) is 24.0 Å². The second-order valence-electron chi connectivity index (χ2n) is 5.42. The highest BCUT2D eigenvalue weighted by Crippen LogP contribution is 2.36. The Morgan fingerprint density at radius 2 is 2.09 bits per heavy atom. The van der Waals surface area contributed by atoms with E-state index >= 15 is 0 Å². The van der Waals surface area contributed by atoms with E-state index in [1.54, 1.807) is 25.1 Å². The van der Waals surface area contributed by atoms with Gasteiger partial charge in [0.25, 0.3) is 0 Å². The summed E-state index contributed by atoms with van der Waals surface area (Å²) in [6, 6.07) is 4.69. The Hall–Kier alpha value is -2.23. The van der Waals surface area contributed by atoms with Crippen molar-refractivity contribution in [2.45, 2.75) is 25.1 Å². The third-order valence-corrected chi connectivity index (χ3v) is 3.74. The molecule has 1 aliphatic heterocycles. The molecule has 118 valence electrons. The predicted octanol–water partition coefficient (Wildman–Crippen LogP) is 2.63. The molecule has 0 N–H and O–H groups in total. The molecule has 1 atom stereocenters. The number of carbonyl (C=O) groups is 1. The molecular weight excluding hydrogens is 295 g/mol. The van der Waals surface area contributed by atoms with E-state index in [2.05, 4.69) is 0 Å². The second-order valence-corrected chi connectivity index (χ2v) is 5.42. The average molecular weight is 311 g/mol. The van der Waals surface area contributed by atoms with Crippen molar-refractivity contribution >= 4 is 11.6 Å². The molecule has 4 nitrogen and oxygen atoms in total. The number of carbonyl (C=O) groups excluding carboxylic acids is 1. The Balaban J connectivity index is 2.41. The van der Waals surface area contributed by atoms with Crippen LogP contribution >= 0.6 is 0 Å². The summed E-state index contributed by atoms with van der Waals surface area (Å²) < 4.78 is 39.1. The summed E-state index contributed by atoms with van der Waals surface area (Å²) in [4.78, 5) is 15.3. The van der Waals surface area contributed by atoms with E-state index in [9.17, 15) is 18.0 Å². The lowest BCUT2D eigenvalue weighted by Gasteiger charge is -2.28. The minimum absolute atomic E-state index is 0.129. The van der Waals surface area contributed by atoms with Crippen molar-refractivity contribution in [3.63, 3.8) is 0 Å². The molecule has 1 fully saturated rings. The van der Waals surface area contributed by atoms with Gasteiger partial charge in [0.15, 0.2) is 0 Å². The van der Waals surface area contributed by atoms with Gasteiger partial charge in [0.2, 0.25) is 5.91 Å². The number of hydrogen-bond acceptors (Lipinski definition) is 3. The zero-order valence-electron chi connectivity index (χ0n) is 12.3. The van der Waals surface area contributed by atoms with Crippen molar-refractivity contribution in [2.24, 2.45) is 0 Å². The van der Waals surface area contributed by atoms with Crippen molar-refractivity contribution in [2.75, 3.05) is 25.5 Å². The normalized spacial score (nSPS) is 18.2. The summed E-state index contributed by atoms with van der Waals surface area (Å²) in [5.41, 5.74) is -1.05. The molecule has 1 aromatic carbocycles. The van der Waals surface area contributed by atoms with Gasteiger partial charge in [0.05, 0.1) is 17.2 Å². The largest absolute Gasteiger partial charge is 0.417 e. The fourth-order valence-corrected chi connectivity index (χ4v) is 2.67. The number of halogens is 3. The van der Waals surface area contributed by atoms with Crippen molar-refractivity contribution < 1.29 is 18.0 Å². The van der Waals surface area contributed by atoms with Gasteiger partial charge in [0, 0.05) is 26.3 Å². The maximum Gasteiger partial charge on any atom is 0.417 e. The van der Waals surface area contributed by atoms with Crippen molar-refractivity contribution in [1.29, 1.82) is 5.26 Å². The number of anilines is 1. The van der Waals surface area contributed by atoms with Crippen LogP contribution < -0.4 is 4.90 Å². The quantitative estimate of drug-likeness (QED) is 0.843. The standard InChI is InChI=1S/C15H16F3N3O/c1-20(2)14(22)13-4-3-7-21(13)11-6-5-10(9-19)12(8-11)15(16,17)18/h5-6,8,13H,3-4,7H2,1-2H3. The van der Waals surface area contributed by atoms with E-state index in [-0.39, 0.29) is 5.91 Å². The average Bonchev–Trinajstić information content (AvgIpc) is 2.93. The van der Waals surface area contributed by atoms with E-state index in [4.69, 9.17) is 5.26 Å². The number of benzene rings is 1. The van der Waals surface area contributed by atoms with Gasteiger partial charge in [-0.15, -0.1) is 0 Å². The van der Waals surface area contributed by atoms with Gasteiger partial charge in [-0.1, -0.05) is 0 Å². The van der Waals surface area contributed by atoms with Crippen LogP contribution in [0, 0.1) is 11.3 Å². The van der Waals surface area contributed by atoms with Crippen LogP contribution in [0.4, 0.5) is 18.9 Å². The summed E-state index contributed by atoms with van der Waals surface area (Å²) in [6.45, 7) is 0.521. The molecule has 1 unspecified atom stereocenters. The van der Waals surface area contributed by atoms with Crippen LogP contribution in [-0.4, -0.2) is 37.5 Å². The molecule has 1 saturated heterocycles. The molecule has 1 amide bonds. The summed E-state index contributed by atoms with van der Waals surface area (Å²) in [7, 11) is 3.25. The minimum Gasteiger partial charge on any atom is -0.360 e. The molecule has 2 rings (SSSR count). The lowest BCUT2D eigenvalue weighted by molar-refractivity contribution is -0.137. The topological polar surface area (TPSA) is 47.3 Å². The number of alkyl halides is 3. The first-order valence-electron chi connectivity index (χ1n) is 6.85. The molecule has 1 heterocycles. The predicted molar refractivity (Wildman–Crippen MR) is 75.2 cm³/mol. The van der Waals surface area contributed by atoms with Crippen LogP contribution in [-0.2, 0) is 11.0 Å². The van der Waals surface area contributed by atoms with E-state index in [0.29, 0.717) is 18.7 Å². The third-order valence-electron chi connectivity index (χ3n) is 3.74. The highest BCUT2D eigenvalue weighted by atomic mass is 19.4. The maximum atomic E-state index is 13.0. The van der Waals surface area contributed by atoms with Gasteiger partial charge < -0.3 is 9.80 Å². The van der Waals surface area contributed by atoms with Crippen LogP contribution in [0.5, 0.6) is 0 Å². The van der Waals surface area contributed by atoms with Gasteiger partial charge in [0.1, 0.15) is 6.04 Å². The van der Waals surface area contributed by atoms with Crippen LogP contribution in [0.3, 0.4) is 0 Å². The van der Waals surface area contributed by atoms with Gasteiger partial charge in [-0.05, 0) is 31.0 Å². The lowest BCUT2D eigenvalue weighted by atomic mass is 10.1. The molecule has 0 saturated carbocycles. The highest BCUT2D eigenvalue weighted by molar-refractivity contribution is 5.85. The van der Waals surface area contributed by atoms with Gasteiger partial charge >= 0.3 is 6.18 Å². The summed E-state index contributed by atoms with van der Waals surface area (Å²) in [6.07, 6.45) is -3.24. The summed E-state index contributed by atoms with van der Waals surface area (Å²) in [5.74, 6) is -0.129. The van der Waals surface area contributed by atoms with Gasteiger partial charge in [-0.25, -0.2) is 0 Å². The zero-order chi connectivity index (χ0) is 16.5. The molecule has 0 spiro atoms. The first kappa shape index (κ1) is 16.1. The van der Waals surface area contributed by atoms with Crippen molar-refractivity contribution in [3.8, 4) is 6.07 Å². The van der Waals surface area contributed by atoms with Crippen LogP contribution in [0.2, 0.25) is 0 Å². The minimum atomic E-state index is -4.60. The molecular formula is C15H16F3N3O. The fraction of sp³-hybridized carbons (Fsp3) is 0.467. The van der Waals surface area contributed by atoms with Gasteiger partial charge in [-0.3, -0.25) is 4.79 Å².